The van der Waals surface area contributed by atoms with Crippen molar-refractivity contribution in [3.8, 4) is 5.75 Å². The number of aliphatic hydroxyl groups is 1. The second-order valence-corrected chi connectivity index (χ2v) is 10.6. The fraction of sp³-hybridized carbons (Fsp3) is 0.379. The summed E-state index contributed by atoms with van der Waals surface area (Å²) in [5, 5.41) is 22.4. The number of hydrogen-bond donors (Lipinski definition) is 2. The third-order valence-corrected chi connectivity index (χ3v) is 8.41. The van der Waals surface area contributed by atoms with Crippen molar-refractivity contribution < 1.29 is 23.8 Å². The van der Waals surface area contributed by atoms with Gasteiger partial charge in [-0.1, -0.05) is 6.92 Å². The molecule has 2 heterocycles. The van der Waals surface area contributed by atoms with Crippen molar-refractivity contribution in [2.45, 2.75) is 64.3 Å². The average molecular weight is 492 g/mol. The molecule has 2 N–H and O–H groups in total. The number of aliphatic hydroxyl groups excluding tert-OH is 1. The minimum absolute atomic E-state index is 0.00400. The first-order chi connectivity index (χ1) is 17.2. The zero-order valence-electron chi connectivity index (χ0n) is 20.2. The molecule has 7 heteroatoms. The van der Waals surface area contributed by atoms with Crippen LogP contribution in [0.25, 0.3) is 16.7 Å². The maximum Gasteiger partial charge on any atom is 0.258 e. The summed E-state index contributed by atoms with van der Waals surface area (Å²) in [7, 11) is 0. The van der Waals surface area contributed by atoms with Crippen molar-refractivity contribution in [2.24, 2.45) is 5.92 Å². The zero-order chi connectivity index (χ0) is 25.5. The molecule has 2 aliphatic carbocycles. The first-order valence-corrected chi connectivity index (χ1v) is 12.5. The molecule has 0 saturated heterocycles. The van der Waals surface area contributed by atoms with Crippen LogP contribution >= 0.6 is 0 Å². The molecule has 3 aromatic rings. The summed E-state index contributed by atoms with van der Waals surface area (Å²) >= 11 is 0. The number of aromatic hydroxyl groups is 1. The molecule has 2 aromatic carbocycles. The number of hydrogen-bond acceptors (Lipinski definition) is 4. The first-order valence-electron chi connectivity index (χ1n) is 12.5. The normalized spacial score (nSPS) is 22.8. The van der Waals surface area contributed by atoms with E-state index in [4.69, 9.17) is 0 Å². The van der Waals surface area contributed by atoms with Crippen molar-refractivity contribution in [3.05, 3.63) is 79.6 Å². The molecule has 3 atom stereocenters. The molecule has 0 bridgehead atoms. The second kappa shape index (κ2) is 8.02. The maximum absolute atomic E-state index is 14.4. The number of pyridine rings is 1. The molecule has 0 amide bonds. The Morgan fingerprint density at radius 3 is 2.42 bits per heavy atom. The molecule has 0 fully saturated rings. The van der Waals surface area contributed by atoms with Crippen LogP contribution in [0.3, 0.4) is 0 Å². The predicted octanol–water partition coefficient (Wildman–Crippen LogP) is 5.64. The van der Waals surface area contributed by atoms with Gasteiger partial charge < -0.3 is 14.8 Å². The lowest BCUT2D eigenvalue weighted by Crippen LogP contribution is -2.33. The molecule has 36 heavy (non-hydrogen) atoms. The maximum atomic E-state index is 14.4. The molecule has 6 rings (SSSR count). The van der Waals surface area contributed by atoms with E-state index in [0.717, 1.165) is 12.0 Å². The Kier molecular flexibility index (Phi) is 5.11. The van der Waals surface area contributed by atoms with Crippen molar-refractivity contribution in [1.29, 1.82) is 0 Å². The van der Waals surface area contributed by atoms with Gasteiger partial charge in [0, 0.05) is 22.6 Å². The van der Waals surface area contributed by atoms with Crippen LogP contribution in [0.5, 0.6) is 5.75 Å². The average Bonchev–Trinajstić information content (AvgIpc) is 2.83. The molecule has 0 unspecified atom stereocenters. The number of allylic oxidation sites excluding steroid dienone is 1. The zero-order valence-corrected chi connectivity index (χ0v) is 20.2. The number of aromatic nitrogens is 1. The Bertz CT molecular complexity index is 1570. The number of nitrogens with zero attached hydrogens (tertiary/aromatic N) is 1. The fourth-order valence-corrected chi connectivity index (χ4v) is 6.59. The standard InChI is InChI=1S/C29H27F2NO4/c1-13-3-5-15-9-17(30)11-21-24(15)23(13)28(35)19(26(21)33)7-8-20-27(34)22-12-18(31)10-16-6-4-14(2)32(25(16)22)29(20)36/h9-14,23,33-34H,3-8H2,1-2H3/t13-,14-,23-/m0/s1. The molecule has 0 radical (unpaired) electrons. The minimum Gasteiger partial charge on any atom is -0.507 e. The van der Waals surface area contributed by atoms with Gasteiger partial charge in [-0.15, -0.1) is 0 Å². The summed E-state index contributed by atoms with van der Waals surface area (Å²) in [6.07, 6.45) is 2.66. The van der Waals surface area contributed by atoms with Gasteiger partial charge in [-0.05, 0) is 92.3 Å². The third-order valence-electron chi connectivity index (χ3n) is 8.41. The molecular formula is C29H27F2NO4. The number of aryl methyl sites for hydroxylation is 2. The monoisotopic (exact) mass is 491 g/mol. The summed E-state index contributed by atoms with van der Waals surface area (Å²) < 4.78 is 30.3. The Labute approximate surface area is 206 Å². The number of ketones is 1. The highest BCUT2D eigenvalue weighted by atomic mass is 19.1. The smallest absolute Gasteiger partial charge is 0.258 e. The molecule has 1 aromatic heterocycles. The van der Waals surface area contributed by atoms with Gasteiger partial charge in [-0.25, -0.2) is 8.78 Å². The highest BCUT2D eigenvalue weighted by Gasteiger charge is 2.41. The van der Waals surface area contributed by atoms with E-state index in [-0.39, 0.29) is 64.2 Å². The van der Waals surface area contributed by atoms with Crippen LogP contribution in [0.2, 0.25) is 0 Å². The van der Waals surface area contributed by atoms with Gasteiger partial charge in [-0.2, -0.15) is 0 Å². The molecule has 0 saturated carbocycles. The van der Waals surface area contributed by atoms with E-state index >= 15 is 0 Å². The van der Waals surface area contributed by atoms with Gasteiger partial charge in [-0.3, -0.25) is 9.59 Å². The van der Waals surface area contributed by atoms with Crippen LogP contribution in [-0.2, 0) is 24.1 Å². The predicted molar refractivity (Wildman–Crippen MR) is 132 cm³/mol. The highest BCUT2D eigenvalue weighted by Crippen LogP contribution is 2.47. The third kappa shape index (κ3) is 3.18. The Hall–Kier alpha value is -3.48. The molecule has 0 spiro atoms. The minimum atomic E-state index is -0.484. The number of benzene rings is 2. The van der Waals surface area contributed by atoms with Crippen LogP contribution in [0.1, 0.15) is 72.9 Å². The SMILES string of the molecule is C[C@H]1CCc2cc(F)cc3c2[C@H]1C(=O)C(CCc1c(O)c2cc(F)cc4c2n(c1=O)[C@@H](C)CC4)=C3O. The number of carbonyl (C=O) groups excluding carboxylic acids is 1. The molecular weight excluding hydrogens is 464 g/mol. The van der Waals surface area contributed by atoms with E-state index in [1.54, 1.807) is 4.57 Å². The van der Waals surface area contributed by atoms with Crippen LogP contribution in [-0.4, -0.2) is 20.6 Å². The number of halogens is 2. The van der Waals surface area contributed by atoms with E-state index < -0.39 is 17.6 Å². The fourth-order valence-electron chi connectivity index (χ4n) is 6.59. The number of Topliss-reactive ketones (excluding diaryl/α,β-unsaturated/α-hetero) is 1. The van der Waals surface area contributed by atoms with Crippen LogP contribution in [0.15, 0.2) is 34.6 Å². The van der Waals surface area contributed by atoms with Crippen molar-refractivity contribution in [2.75, 3.05) is 0 Å². The van der Waals surface area contributed by atoms with Gasteiger partial charge in [0.25, 0.3) is 5.56 Å². The topological polar surface area (TPSA) is 79.5 Å². The number of carbonyl (C=O) groups is 1. The van der Waals surface area contributed by atoms with E-state index in [1.807, 2.05) is 13.8 Å². The van der Waals surface area contributed by atoms with Crippen LogP contribution in [0.4, 0.5) is 8.78 Å². The molecule has 186 valence electrons. The van der Waals surface area contributed by atoms with Crippen LogP contribution < -0.4 is 5.56 Å². The quantitative estimate of drug-likeness (QED) is 0.497. The van der Waals surface area contributed by atoms with Crippen molar-refractivity contribution >= 4 is 22.4 Å². The Morgan fingerprint density at radius 2 is 1.64 bits per heavy atom. The number of rotatable bonds is 3. The Balaban J connectivity index is 1.47. The van der Waals surface area contributed by atoms with Crippen molar-refractivity contribution in [1.82, 2.24) is 4.57 Å². The summed E-state index contributed by atoms with van der Waals surface area (Å²) in [6, 6.07) is 5.22. The van der Waals surface area contributed by atoms with E-state index in [0.29, 0.717) is 41.5 Å². The van der Waals surface area contributed by atoms with E-state index in [2.05, 4.69) is 0 Å². The first kappa shape index (κ1) is 23.0. The highest BCUT2D eigenvalue weighted by molar-refractivity contribution is 6.09. The largest absolute Gasteiger partial charge is 0.507 e. The summed E-state index contributed by atoms with van der Waals surface area (Å²) in [5.41, 5.74) is 2.89. The van der Waals surface area contributed by atoms with Gasteiger partial charge in [0.1, 0.15) is 23.1 Å². The van der Waals surface area contributed by atoms with Gasteiger partial charge in [0.2, 0.25) is 0 Å². The van der Waals surface area contributed by atoms with Gasteiger partial charge in [0.15, 0.2) is 5.78 Å². The van der Waals surface area contributed by atoms with E-state index in [9.17, 15) is 28.6 Å². The van der Waals surface area contributed by atoms with Crippen molar-refractivity contribution in [3.63, 3.8) is 0 Å². The Morgan fingerprint density at radius 1 is 0.944 bits per heavy atom. The van der Waals surface area contributed by atoms with Gasteiger partial charge >= 0.3 is 0 Å². The lowest BCUT2D eigenvalue weighted by Gasteiger charge is -2.36. The lowest BCUT2D eigenvalue weighted by molar-refractivity contribution is -0.118. The second-order valence-electron chi connectivity index (χ2n) is 10.6. The summed E-state index contributed by atoms with van der Waals surface area (Å²) in [4.78, 5) is 27.1. The lowest BCUT2D eigenvalue weighted by atomic mass is 9.67. The van der Waals surface area contributed by atoms with E-state index in [1.165, 1.54) is 24.3 Å². The summed E-state index contributed by atoms with van der Waals surface area (Å²) in [6.45, 7) is 3.90. The summed E-state index contributed by atoms with van der Waals surface area (Å²) in [5.74, 6) is -2.16. The van der Waals surface area contributed by atoms with Gasteiger partial charge in [0.05, 0.1) is 17.0 Å². The molecule has 5 nitrogen and oxygen atoms in total. The molecule has 3 aliphatic rings. The molecule has 1 aliphatic heterocycles. The van der Waals surface area contributed by atoms with Crippen LogP contribution in [0, 0.1) is 17.6 Å².